The molecule has 1 aromatic rings. The van der Waals surface area contributed by atoms with Crippen LogP contribution in [0, 0.1) is 5.82 Å². The first-order chi connectivity index (χ1) is 10.3. The Morgan fingerprint density at radius 1 is 1.32 bits per heavy atom. The van der Waals surface area contributed by atoms with Crippen LogP contribution in [0.3, 0.4) is 0 Å². The zero-order valence-corrected chi connectivity index (χ0v) is 12.6. The maximum Gasteiger partial charge on any atom is 0.290 e. The molecule has 0 radical (unpaired) electrons. The van der Waals surface area contributed by atoms with E-state index in [4.69, 9.17) is 0 Å². The van der Waals surface area contributed by atoms with Crippen LogP contribution in [-0.2, 0) is 4.79 Å². The number of nitrogens with one attached hydrogen (secondary N) is 2. The van der Waals surface area contributed by atoms with Crippen LogP contribution in [0.2, 0.25) is 0 Å². The van der Waals surface area contributed by atoms with Crippen LogP contribution >= 0.6 is 0 Å². The Hall–Kier alpha value is -2.15. The number of hydrogen-bond donors (Lipinski definition) is 3. The smallest absolute Gasteiger partial charge is 0.290 e. The number of halogens is 2. The Labute approximate surface area is 127 Å². The third kappa shape index (κ3) is 3.19. The van der Waals surface area contributed by atoms with E-state index in [1.165, 1.54) is 12.1 Å². The number of benzene rings is 1. The lowest BCUT2D eigenvalue weighted by Gasteiger charge is -2.37. The minimum absolute atomic E-state index is 0.203. The molecular weight excluding hydrogens is 292 g/mol. The van der Waals surface area contributed by atoms with Crippen molar-refractivity contribution in [3.05, 3.63) is 47.3 Å². The highest BCUT2D eigenvalue weighted by Gasteiger charge is 2.35. The summed E-state index contributed by atoms with van der Waals surface area (Å²) in [5.74, 6) is -2.51. The van der Waals surface area contributed by atoms with Crippen molar-refractivity contribution in [2.75, 3.05) is 0 Å². The Kier molecular flexibility index (Phi) is 4.65. The van der Waals surface area contributed by atoms with E-state index in [1.54, 1.807) is 32.9 Å². The second-order valence-corrected chi connectivity index (χ2v) is 5.43. The van der Waals surface area contributed by atoms with Gasteiger partial charge < -0.3 is 15.7 Å². The second-order valence-electron chi connectivity index (χ2n) is 5.43. The summed E-state index contributed by atoms with van der Waals surface area (Å²) >= 11 is 0. The number of carbonyl (C=O) groups excluding carboxylic acids is 1. The molecule has 0 fully saturated rings. The van der Waals surface area contributed by atoms with Gasteiger partial charge in [0.15, 0.2) is 0 Å². The van der Waals surface area contributed by atoms with Crippen molar-refractivity contribution in [2.45, 2.75) is 39.2 Å². The molecule has 0 spiro atoms. The summed E-state index contributed by atoms with van der Waals surface area (Å²) in [4.78, 5) is 12.9. The van der Waals surface area contributed by atoms with Crippen LogP contribution in [0.15, 0.2) is 35.9 Å². The quantitative estimate of drug-likeness (QED) is 0.792. The molecule has 0 saturated heterocycles. The van der Waals surface area contributed by atoms with E-state index in [1.807, 2.05) is 0 Å². The van der Waals surface area contributed by atoms with Gasteiger partial charge in [0.1, 0.15) is 11.6 Å². The average Bonchev–Trinajstić information content (AvgIpc) is 2.44. The lowest BCUT2D eigenvalue weighted by Crippen LogP contribution is -2.57. The predicted octanol–water partition coefficient (Wildman–Crippen LogP) is 1.73. The van der Waals surface area contributed by atoms with E-state index >= 15 is 0 Å². The SMILES string of the molecule is CC(C)N1C(=O)C(F)=C(N[C@@H](C)c2cccc(F)c2)NC1O. The molecule has 0 aliphatic carbocycles. The molecule has 1 aromatic carbocycles. The fourth-order valence-corrected chi connectivity index (χ4v) is 2.29. The highest BCUT2D eigenvalue weighted by atomic mass is 19.1. The molecule has 1 aliphatic rings. The number of amides is 1. The summed E-state index contributed by atoms with van der Waals surface area (Å²) in [6.07, 6.45) is -1.32. The van der Waals surface area contributed by atoms with E-state index in [0.717, 1.165) is 4.90 Å². The number of aliphatic hydroxyl groups is 1. The molecule has 0 aromatic heterocycles. The second kappa shape index (κ2) is 6.31. The minimum atomic E-state index is -1.32. The number of hydrogen-bond acceptors (Lipinski definition) is 4. The van der Waals surface area contributed by atoms with Crippen molar-refractivity contribution in [3.63, 3.8) is 0 Å². The van der Waals surface area contributed by atoms with E-state index < -0.39 is 29.9 Å². The Morgan fingerprint density at radius 2 is 2.00 bits per heavy atom. The molecular formula is C15H19F2N3O2. The van der Waals surface area contributed by atoms with Gasteiger partial charge in [-0.25, -0.2) is 4.39 Å². The van der Waals surface area contributed by atoms with Crippen LogP contribution in [0.4, 0.5) is 8.78 Å². The molecule has 5 nitrogen and oxygen atoms in total. The van der Waals surface area contributed by atoms with Crippen molar-refractivity contribution in [1.29, 1.82) is 0 Å². The lowest BCUT2D eigenvalue weighted by atomic mass is 10.1. The maximum atomic E-state index is 14.2. The zero-order valence-electron chi connectivity index (χ0n) is 12.6. The Morgan fingerprint density at radius 3 is 2.59 bits per heavy atom. The van der Waals surface area contributed by atoms with Gasteiger partial charge in [0.05, 0.1) is 6.04 Å². The highest BCUT2D eigenvalue weighted by molar-refractivity contribution is 5.93. The highest BCUT2D eigenvalue weighted by Crippen LogP contribution is 2.21. The van der Waals surface area contributed by atoms with Gasteiger partial charge in [-0.1, -0.05) is 12.1 Å². The third-order valence-corrected chi connectivity index (χ3v) is 3.44. The van der Waals surface area contributed by atoms with Crippen LogP contribution in [0.25, 0.3) is 0 Å². The van der Waals surface area contributed by atoms with Crippen LogP contribution < -0.4 is 10.6 Å². The number of rotatable bonds is 4. The fraction of sp³-hybridized carbons (Fsp3) is 0.400. The monoisotopic (exact) mass is 311 g/mol. The number of nitrogens with zero attached hydrogens (tertiary/aromatic N) is 1. The van der Waals surface area contributed by atoms with Crippen LogP contribution in [-0.4, -0.2) is 28.3 Å². The molecule has 22 heavy (non-hydrogen) atoms. The van der Waals surface area contributed by atoms with Crippen molar-refractivity contribution in [1.82, 2.24) is 15.5 Å². The normalized spacial score (nSPS) is 20.2. The number of carbonyl (C=O) groups is 1. The maximum absolute atomic E-state index is 14.2. The van der Waals surface area contributed by atoms with Crippen LogP contribution in [0.5, 0.6) is 0 Å². The average molecular weight is 311 g/mol. The minimum Gasteiger partial charge on any atom is -0.363 e. The molecule has 2 rings (SSSR count). The molecule has 0 saturated carbocycles. The Balaban J connectivity index is 2.20. The summed E-state index contributed by atoms with van der Waals surface area (Å²) in [6.45, 7) is 5.04. The Bertz CT molecular complexity index is 604. The van der Waals surface area contributed by atoms with E-state index in [9.17, 15) is 18.7 Å². The van der Waals surface area contributed by atoms with Crippen LogP contribution in [0.1, 0.15) is 32.4 Å². The molecule has 2 atom stereocenters. The summed E-state index contributed by atoms with van der Waals surface area (Å²) < 4.78 is 27.4. The predicted molar refractivity (Wildman–Crippen MR) is 77.2 cm³/mol. The lowest BCUT2D eigenvalue weighted by molar-refractivity contribution is -0.146. The van der Waals surface area contributed by atoms with E-state index in [2.05, 4.69) is 10.6 Å². The van der Waals surface area contributed by atoms with Crippen molar-refractivity contribution in [2.24, 2.45) is 0 Å². The van der Waals surface area contributed by atoms with Crippen molar-refractivity contribution < 1.29 is 18.7 Å². The topological polar surface area (TPSA) is 64.6 Å². The van der Waals surface area contributed by atoms with Gasteiger partial charge in [-0.2, -0.15) is 4.39 Å². The molecule has 1 amide bonds. The molecule has 1 aliphatic heterocycles. The van der Waals surface area contributed by atoms with Gasteiger partial charge in [0, 0.05) is 6.04 Å². The molecule has 3 N–H and O–H groups in total. The standard InChI is InChI=1S/C15H19F2N3O2/c1-8(2)20-14(21)12(17)13(19-15(20)22)18-9(3)10-5-4-6-11(16)7-10/h4-9,15,18-19,22H,1-3H3/t9-,15?/m0/s1. The molecule has 1 heterocycles. The van der Waals surface area contributed by atoms with E-state index in [0.29, 0.717) is 5.56 Å². The van der Waals surface area contributed by atoms with Gasteiger partial charge in [-0.15, -0.1) is 0 Å². The number of aliphatic hydroxyl groups excluding tert-OH is 1. The largest absolute Gasteiger partial charge is 0.363 e. The summed E-state index contributed by atoms with van der Waals surface area (Å²) in [7, 11) is 0. The van der Waals surface area contributed by atoms with Gasteiger partial charge in [-0.3, -0.25) is 9.69 Å². The first-order valence-corrected chi connectivity index (χ1v) is 7.00. The first kappa shape index (κ1) is 16.2. The van der Waals surface area contributed by atoms with Crippen molar-refractivity contribution >= 4 is 5.91 Å². The van der Waals surface area contributed by atoms with Gasteiger partial charge >= 0.3 is 0 Å². The molecule has 1 unspecified atom stereocenters. The zero-order chi connectivity index (χ0) is 16.4. The van der Waals surface area contributed by atoms with Gasteiger partial charge in [0.2, 0.25) is 12.2 Å². The molecule has 7 heteroatoms. The van der Waals surface area contributed by atoms with Crippen molar-refractivity contribution in [3.8, 4) is 0 Å². The first-order valence-electron chi connectivity index (χ1n) is 7.00. The molecule has 120 valence electrons. The van der Waals surface area contributed by atoms with E-state index in [-0.39, 0.29) is 11.9 Å². The summed E-state index contributed by atoms with van der Waals surface area (Å²) in [5.41, 5.74) is 0.593. The summed E-state index contributed by atoms with van der Waals surface area (Å²) in [5, 5.41) is 15.2. The third-order valence-electron chi connectivity index (χ3n) is 3.44. The van der Waals surface area contributed by atoms with Gasteiger partial charge in [0.25, 0.3) is 5.91 Å². The fourth-order valence-electron chi connectivity index (χ4n) is 2.29. The van der Waals surface area contributed by atoms with Gasteiger partial charge in [-0.05, 0) is 38.5 Å². The summed E-state index contributed by atoms with van der Waals surface area (Å²) in [6, 6.07) is 5.04. The molecule has 0 bridgehead atoms.